The van der Waals surface area contributed by atoms with E-state index in [4.69, 9.17) is 4.74 Å². The van der Waals surface area contributed by atoms with Gasteiger partial charge in [0.25, 0.3) is 0 Å². The second-order valence-electron chi connectivity index (χ2n) is 8.91. The van der Waals surface area contributed by atoms with Gasteiger partial charge in [-0.25, -0.2) is 4.79 Å². The third-order valence-corrected chi connectivity index (χ3v) is 4.92. The van der Waals surface area contributed by atoms with Crippen LogP contribution in [0.15, 0.2) is 73.3 Å². The van der Waals surface area contributed by atoms with E-state index in [2.05, 4.69) is 11.9 Å². The molecule has 0 radical (unpaired) electrons. The zero-order chi connectivity index (χ0) is 26.2. The number of halogens is 3. The van der Waals surface area contributed by atoms with Crippen molar-refractivity contribution >= 4 is 17.8 Å². The van der Waals surface area contributed by atoms with Crippen molar-refractivity contribution in [1.82, 2.24) is 10.6 Å². The summed E-state index contributed by atoms with van der Waals surface area (Å²) < 4.78 is 44.4. The van der Waals surface area contributed by atoms with E-state index in [9.17, 15) is 27.6 Å². The van der Waals surface area contributed by atoms with Crippen LogP contribution in [-0.4, -0.2) is 41.6 Å². The van der Waals surface area contributed by atoms with Gasteiger partial charge in [0, 0.05) is 12.3 Å². The van der Waals surface area contributed by atoms with Gasteiger partial charge in [-0.1, -0.05) is 66.7 Å². The Hall–Kier alpha value is -3.62. The Labute approximate surface area is 202 Å². The summed E-state index contributed by atoms with van der Waals surface area (Å²) in [7, 11) is 0. The van der Waals surface area contributed by atoms with E-state index >= 15 is 0 Å². The molecular weight excluding hydrogens is 461 g/mol. The average molecular weight is 491 g/mol. The second-order valence-corrected chi connectivity index (χ2v) is 8.91. The highest BCUT2D eigenvalue weighted by molar-refractivity contribution is 5.92. The van der Waals surface area contributed by atoms with Crippen LogP contribution < -0.4 is 10.6 Å². The number of rotatable bonds is 9. The summed E-state index contributed by atoms with van der Waals surface area (Å²) in [4.78, 5) is 37.9. The molecule has 0 fully saturated rings. The first-order valence-corrected chi connectivity index (χ1v) is 10.9. The number of carbonyl (C=O) groups excluding carboxylic acids is 3. The molecule has 2 aromatic carbocycles. The van der Waals surface area contributed by atoms with Crippen molar-refractivity contribution in [1.29, 1.82) is 0 Å². The molecule has 3 atom stereocenters. The van der Waals surface area contributed by atoms with Crippen molar-refractivity contribution < 1.29 is 32.3 Å². The molecule has 6 nitrogen and oxygen atoms in total. The van der Waals surface area contributed by atoms with Gasteiger partial charge < -0.3 is 15.4 Å². The van der Waals surface area contributed by atoms with Crippen LogP contribution in [0.4, 0.5) is 13.2 Å². The molecule has 2 aromatic rings. The lowest BCUT2D eigenvalue weighted by Gasteiger charge is -2.30. The van der Waals surface area contributed by atoms with Crippen molar-refractivity contribution in [2.24, 2.45) is 0 Å². The van der Waals surface area contributed by atoms with E-state index in [1.54, 1.807) is 86.8 Å². The normalized spacial score (nSPS) is 14.2. The smallest absolute Gasteiger partial charge is 0.458 e. The fraction of sp³-hybridized carbons (Fsp3) is 0.346. The number of amides is 2. The quantitative estimate of drug-likeness (QED) is 0.410. The van der Waals surface area contributed by atoms with E-state index in [1.165, 1.54) is 6.08 Å². The molecule has 1 unspecified atom stereocenters. The van der Waals surface area contributed by atoms with Crippen LogP contribution in [-0.2, 0) is 25.5 Å². The van der Waals surface area contributed by atoms with E-state index in [0.717, 1.165) is 0 Å². The highest BCUT2D eigenvalue weighted by Crippen LogP contribution is 2.24. The third kappa shape index (κ3) is 8.59. The largest absolute Gasteiger partial charge is 0.471 e. The topological polar surface area (TPSA) is 84.5 Å². The van der Waals surface area contributed by atoms with Crippen molar-refractivity contribution in [2.75, 3.05) is 0 Å². The first-order chi connectivity index (χ1) is 16.3. The molecule has 0 heterocycles. The van der Waals surface area contributed by atoms with Crippen molar-refractivity contribution in [2.45, 2.75) is 57.0 Å². The predicted molar refractivity (Wildman–Crippen MR) is 125 cm³/mol. The Kier molecular flexibility index (Phi) is 9.22. The molecule has 2 rings (SSSR count). The molecule has 9 heteroatoms. The Morgan fingerprint density at radius 1 is 0.943 bits per heavy atom. The maximum Gasteiger partial charge on any atom is 0.471 e. The summed E-state index contributed by atoms with van der Waals surface area (Å²) in [5, 5.41) is 4.24. The van der Waals surface area contributed by atoms with E-state index in [-0.39, 0.29) is 6.42 Å². The molecule has 2 amide bonds. The van der Waals surface area contributed by atoms with Crippen molar-refractivity contribution in [3.8, 4) is 0 Å². The number of ether oxygens (including phenoxy) is 1. The first kappa shape index (κ1) is 27.6. The Morgan fingerprint density at radius 3 is 1.97 bits per heavy atom. The second kappa shape index (κ2) is 11.7. The van der Waals surface area contributed by atoms with Gasteiger partial charge in [0.2, 0.25) is 5.91 Å². The zero-order valence-electron chi connectivity index (χ0n) is 19.8. The summed E-state index contributed by atoms with van der Waals surface area (Å²) >= 11 is 0. The number of carbonyl (C=O) groups is 3. The Bertz CT molecular complexity index is 1020. The molecule has 0 aromatic heterocycles. The monoisotopic (exact) mass is 490 g/mol. The van der Waals surface area contributed by atoms with Gasteiger partial charge >= 0.3 is 18.1 Å². The molecular formula is C26H29F3N2O4. The van der Waals surface area contributed by atoms with Gasteiger partial charge in [-0.15, -0.1) is 6.58 Å². The molecule has 0 bridgehead atoms. The van der Waals surface area contributed by atoms with Gasteiger partial charge in [0.05, 0.1) is 0 Å². The highest BCUT2D eigenvalue weighted by atomic mass is 19.4. The average Bonchev–Trinajstić information content (AvgIpc) is 2.78. The molecule has 0 saturated carbocycles. The zero-order valence-corrected chi connectivity index (χ0v) is 19.8. The van der Waals surface area contributed by atoms with Gasteiger partial charge in [-0.3, -0.25) is 9.59 Å². The number of hydrogen-bond donors (Lipinski definition) is 2. The lowest BCUT2D eigenvalue weighted by molar-refractivity contribution is -0.174. The van der Waals surface area contributed by atoms with Crippen LogP contribution in [0.25, 0.3) is 0 Å². The predicted octanol–water partition coefficient (Wildman–Crippen LogP) is 4.07. The third-order valence-electron chi connectivity index (χ3n) is 4.92. The summed E-state index contributed by atoms with van der Waals surface area (Å²) in [6.45, 7) is 8.71. The van der Waals surface area contributed by atoms with E-state index in [1.807, 2.05) is 0 Å². The standard InChI is InChI=1S/C26H29F3N2O4/c1-5-19(18-14-10-7-11-15-18)21(23(33)35-25(2,3)4)31-22(32)20(30-24(34)26(27,28)29)16-17-12-8-6-9-13-17/h5-15,19-21H,1,16H2,2-4H3,(H,30,34)(H,31,32)/t19?,20-,21+/m0/s1. The number of esters is 1. The van der Waals surface area contributed by atoms with Gasteiger partial charge in [-0.2, -0.15) is 13.2 Å². The van der Waals surface area contributed by atoms with Crippen LogP contribution in [0, 0.1) is 0 Å². The fourth-order valence-electron chi connectivity index (χ4n) is 3.35. The van der Waals surface area contributed by atoms with Crippen LogP contribution in [0.2, 0.25) is 0 Å². The Balaban J connectivity index is 2.40. The van der Waals surface area contributed by atoms with Gasteiger partial charge in [0.1, 0.15) is 17.7 Å². The minimum Gasteiger partial charge on any atom is -0.458 e. The maximum absolute atomic E-state index is 13.2. The van der Waals surface area contributed by atoms with Crippen LogP contribution in [0.1, 0.15) is 37.8 Å². The fourth-order valence-corrected chi connectivity index (χ4v) is 3.35. The SMILES string of the molecule is C=CC(c1ccccc1)[C@@H](NC(=O)[C@H](Cc1ccccc1)NC(=O)C(F)(F)F)C(=O)OC(C)(C)C. The van der Waals surface area contributed by atoms with E-state index in [0.29, 0.717) is 11.1 Å². The summed E-state index contributed by atoms with van der Waals surface area (Å²) in [5.41, 5.74) is 0.265. The molecule has 35 heavy (non-hydrogen) atoms. The molecule has 0 aliphatic rings. The molecule has 0 saturated heterocycles. The van der Waals surface area contributed by atoms with Crippen LogP contribution in [0.3, 0.4) is 0 Å². The van der Waals surface area contributed by atoms with E-state index < -0.39 is 47.6 Å². The summed E-state index contributed by atoms with van der Waals surface area (Å²) in [6, 6.07) is 14.0. The minimum absolute atomic E-state index is 0.223. The summed E-state index contributed by atoms with van der Waals surface area (Å²) in [5.74, 6) is -4.76. The number of benzene rings is 2. The molecule has 188 valence electrons. The lowest BCUT2D eigenvalue weighted by Crippen LogP contribution is -2.56. The van der Waals surface area contributed by atoms with Crippen molar-refractivity contribution in [3.63, 3.8) is 0 Å². The molecule has 2 N–H and O–H groups in total. The van der Waals surface area contributed by atoms with Gasteiger partial charge in [-0.05, 0) is 31.9 Å². The molecule has 0 spiro atoms. The molecule has 0 aliphatic carbocycles. The number of hydrogen-bond acceptors (Lipinski definition) is 4. The highest BCUT2D eigenvalue weighted by Gasteiger charge is 2.42. The van der Waals surface area contributed by atoms with Crippen LogP contribution >= 0.6 is 0 Å². The van der Waals surface area contributed by atoms with Gasteiger partial charge in [0.15, 0.2) is 0 Å². The first-order valence-electron chi connectivity index (χ1n) is 10.9. The number of alkyl halides is 3. The number of nitrogens with one attached hydrogen (secondary N) is 2. The molecule has 0 aliphatic heterocycles. The van der Waals surface area contributed by atoms with Crippen molar-refractivity contribution in [3.05, 3.63) is 84.4 Å². The Morgan fingerprint density at radius 2 is 1.49 bits per heavy atom. The maximum atomic E-state index is 13.2. The summed E-state index contributed by atoms with van der Waals surface area (Å²) in [6.07, 6.45) is -3.96. The lowest BCUT2D eigenvalue weighted by atomic mass is 9.90. The van der Waals surface area contributed by atoms with Crippen LogP contribution in [0.5, 0.6) is 0 Å². The minimum atomic E-state index is -5.19.